The molecule has 0 aliphatic rings. The number of rotatable bonds is 3. The molecule has 94 valence electrons. The molecule has 0 saturated heterocycles. The summed E-state index contributed by atoms with van der Waals surface area (Å²) in [6, 6.07) is 14.8. The number of halogens is 1. The largest absolute Gasteiger partial charge is 0.378 e. The molecule has 2 aromatic carbocycles. The van der Waals surface area contributed by atoms with Gasteiger partial charge in [-0.1, -0.05) is 11.6 Å². The Bertz CT molecular complexity index is 549. The van der Waals surface area contributed by atoms with Crippen LogP contribution in [0.4, 0.5) is 5.69 Å². The van der Waals surface area contributed by atoms with E-state index in [0.29, 0.717) is 5.02 Å². The second-order valence-electron chi connectivity index (χ2n) is 4.11. The number of hydrogen-bond donors (Lipinski definition) is 0. The molecule has 0 aromatic heterocycles. The minimum absolute atomic E-state index is 0.652. The van der Waals surface area contributed by atoms with Crippen molar-refractivity contribution >= 4 is 28.1 Å². The second-order valence-corrected chi connectivity index (χ2v) is 6.03. The highest BCUT2D eigenvalue weighted by Gasteiger charge is 2.07. The molecule has 2 rings (SSSR count). The third-order valence-electron chi connectivity index (χ3n) is 2.59. The summed E-state index contributed by atoms with van der Waals surface area (Å²) in [5, 5.41) is 0.652. The normalized spacial score (nSPS) is 12.2. The van der Waals surface area contributed by atoms with Crippen molar-refractivity contribution in [3.05, 3.63) is 53.6 Å². The molecule has 0 fully saturated rings. The molecule has 0 spiro atoms. The summed E-state index contributed by atoms with van der Waals surface area (Å²) in [7, 11) is 2.80. The van der Waals surface area contributed by atoms with Crippen molar-refractivity contribution in [3.8, 4) is 0 Å². The van der Waals surface area contributed by atoms with E-state index in [9.17, 15) is 4.21 Å². The third-order valence-corrected chi connectivity index (χ3v) is 4.25. The first-order valence-electron chi connectivity index (χ1n) is 5.52. The van der Waals surface area contributed by atoms with Gasteiger partial charge in [0.25, 0.3) is 0 Å². The molecule has 18 heavy (non-hydrogen) atoms. The Hall–Kier alpha value is -1.32. The van der Waals surface area contributed by atoms with Gasteiger partial charge in [0.2, 0.25) is 0 Å². The monoisotopic (exact) mass is 279 g/mol. The fourth-order valence-corrected chi connectivity index (χ4v) is 2.73. The Labute approximate surface area is 115 Å². The third kappa shape index (κ3) is 2.92. The quantitative estimate of drug-likeness (QED) is 0.856. The van der Waals surface area contributed by atoms with Crippen molar-refractivity contribution in [1.82, 2.24) is 0 Å². The Morgan fingerprint density at radius 3 is 1.78 bits per heavy atom. The molecule has 0 aliphatic heterocycles. The predicted molar refractivity (Wildman–Crippen MR) is 76.9 cm³/mol. The van der Waals surface area contributed by atoms with Crippen LogP contribution in [0.25, 0.3) is 0 Å². The molecule has 0 N–H and O–H groups in total. The van der Waals surface area contributed by atoms with E-state index in [1.54, 1.807) is 24.3 Å². The highest BCUT2D eigenvalue weighted by Crippen LogP contribution is 2.21. The number of benzene rings is 2. The average Bonchev–Trinajstić information content (AvgIpc) is 2.39. The molecule has 0 heterocycles. The van der Waals surface area contributed by atoms with Crippen LogP contribution in [0.1, 0.15) is 0 Å². The van der Waals surface area contributed by atoms with Gasteiger partial charge in [-0.15, -0.1) is 0 Å². The van der Waals surface area contributed by atoms with Crippen LogP contribution >= 0.6 is 11.6 Å². The Morgan fingerprint density at radius 1 is 0.889 bits per heavy atom. The molecule has 1 unspecified atom stereocenters. The maximum atomic E-state index is 12.3. The first-order valence-corrected chi connectivity index (χ1v) is 7.05. The lowest BCUT2D eigenvalue weighted by Crippen LogP contribution is -2.08. The molecule has 2 aromatic rings. The number of anilines is 1. The van der Waals surface area contributed by atoms with E-state index in [1.165, 1.54) is 0 Å². The average molecular weight is 280 g/mol. The van der Waals surface area contributed by atoms with E-state index < -0.39 is 10.8 Å². The fourth-order valence-electron chi connectivity index (χ4n) is 1.56. The molecular weight excluding hydrogens is 266 g/mol. The molecular formula is C14H14ClNOS. The van der Waals surface area contributed by atoms with Gasteiger partial charge in [0.05, 0.1) is 10.8 Å². The van der Waals surface area contributed by atoms with Crippen LogP contribution in [-0.2, 0) is 10.8 Å². The van der Waals surface area contributed by atoms with Crippen LogP contribution in [0.2, 0.25) is 5.02 Å². The number of nitrogens with zero attached hydrogens (tertiary/aromatic N) is 1. The molecule has 0 aliphatic carbocycles. The lowest BCUT2D eigenvalue weighted by atomic mass is 10.3. The van der Waals surface area contributed by atoms with E-state index in [-0.39, 0.29) is 0 Å². The highest BCUT2D eigenvalue weighted by molar-refractivity contribution is 7.85. The van der Waals surface area contributed by atoms with E-state index in [1.807, 2.05) is 43.3 Å². The van der Waals surface area contributed by atoms with Crippen LogP contribution < -0.4 is 4.90 Å². The molecule has 4 heteroatoms. The molecule has 0 bridgehead atoms. The smallest absolute Gasteiger partial charge is 0.0849 e. The van der Waals surface area contributed by atoms with Gasteiger partial charge in [-0.25, -0.2) is 4.21 Å². The van der Waals surface area contributed by atoms with E-state index in [2.05, 4.69) is 0 Å². The maximum Gasteiger partial charge on any atom is 0.0849 e. The predicted octanol–water partition coefficient (Wildman–Crippen LogP) is 3.57. The number of hydrogen-bond acceptors (Lipinski definition) is 2. The van der Waals surface area contributed by atoms with Crippen molar-refractivity contribution in [1.29, 1.82) is 0 Å². The Balaban J connectivity index is 2.26. The first-order chi connectivity index (χ1) is 8.58. The first kappa shape index (κ1) is 13.1. The summed E-state index contributed by atoms with van der Waals surface area (Å²) in [4.78, 5) is 3.56. The molecule has 0 radical (unpaired) electrons. The summed E-state index contributed by atoms with van der Waals surface area (Å²) in [5.74, 6) is 0. The SMILES string of the molecule is CN(C)c1ccc(S(=O)c2ccc(Cl)cc2)cc1. The van der Waals surface area contributed by atoms with E-state index in [4.69, 9.17) is 11.6 Å². The van der Waals surface area contributed by atoms with Gasteiger partial charge >= 0.3 is 0 Å². The molecule has 1 atom stereocenters. The summed E-state index contributed by atoms with van der Waals surface area (Å²) in [5.41, 5.74) is 1.09. The van der Waals surface area contributed by atoms with Crippen LogP contribution in [0.3, 0.4) is 0 Å². The van der Waals surface area contributed by atoms with Crippen LogP contribution in [0.5, 0.6) is 0 Å². The highest BCUT2D eigenvalue weighted by atomic mass is 35.5. The zero-order chi connectivity index (χ0) is 13.1. The standard InChI is InChI=1S/C14H14ClNOS/c1-16(2)12-5-9-14(10-6-12)18(17)13-7-3-11(15)4-8-13/h3-10H,1-2H3. The lowest BCUT2D eigenvalue weighted by Gasteiger charge is -2.12. The van der Waals surface area contributed by atoms with Gasteiger partial charge in [-0.05, 0) is 48.5 Å². The Kier molecular flexibility index (Phi) is 4.04. The molecule has 2 nitrogen and oxygen atoms in total. The van der Waals surface area contributed by atoms with E-state index >= 15 is 0 Å². The van der Waals surface area contributed by atoms with Gasteiger partial charge in [0, 0.05) is 34.6 Å². The van der Waals surface area contributed by atoms with Gasteiger partial charge in [-0.2, -0.15) is 0 Å². The second kappa shape index (κ2) is 5.55. The van der Waals surface area contributed by atoms with Crippen LogP contribution in [0, 0.1) is 0 Å². The summed E-state index contributed by atoms with van der Waals surface area (Å²) in [6.45, 7) is 0. The van der Waals surface area contributed by atoms with E-state index in [0.717, 1.165) is 15.5 Å². The zero-order valence-corrected chi connectivity index (χ0v) is 11.8. The summed E-state index contributed by atoms with van der Waals surface area (Å²) in [6.07, 6.45) is 0. The summed E-state index contributed by atoms with van der Waals surface area (Å²) >= 11 is 5.81. The lowest BCUT2D eigenvalue weighted by molar-refractivity contribution is 0.683. The van der Waals surface area contributed by atoms with Crippen molar-refractivity contribution in [3.63, 3.8) is 0 Å². The molecule has 0 amide bonds. The van der Waals surface area contributed by atoms with Crippen LogP contribution in [0.15, 0.2) is 58.3 Å². The zero-order valence-electron chi connectivity index (χ0n) is 10.3. The van der Waals surface area contributed by atoms with Gasteiger partial charge in [-0.3, -0.25) is 0 Å². The molecule has 0 saturated carbocycles. The van der Waals surface area contributed by atoms with Gasteiger partial charge in [0.15, 0.2) is 0 Å². The minimum atomic E-state index is -1.15. The van der Waals surface area contributed by atoms with Crippen molar-refractivity contribution in [2.24, 2.45) is 0 Å². The summed E-state index contributed by atoms with van der Waals surface area (Å²) < 4.78 is 12.3. The minimum Gasteiger partial charge on any atom is -0.378 e. The Morgan fingerprint density at radius 2 is 1.33 bits per heavy atom. The van der Waals surface area contributed by atoms with Crippen LogP contribution in [-0.4, -0.2) is 18.3 Å². The van der Waals surface area contributed by atoms with Crippen molar-refractivity contribution < 1.29 is 4.21 Å². The fraction of sp³-hybridized carbons (Fsp3) is 0.143. The van der Waals surface area contributed by atoms with Gasteiger partial charge in [0.1, 0.15) is 0 Å². The maximum absolute atomic E-state index is 12.3. The topological polar surface area (TPSA) is 20.3 Å². The van der Waals surface area contributed by atoms with Crippen molar-refractivity contribution in [2.45, 2.75) is 9.79 Å². The van der Waals surface area contributed by atoms with Crippen molar-refractivity contribution in [2.75, 3.05) is 19.0 Å². The van der Waals surface area contributed by atoms with Gasteiger partial charge < -0.3 is 4.90 Å².